The van der Waals surface area contributed by atoms with Crippen molar-refractivity contribution in [3.05, 3.63) is 23.4 Å². The van der Waals surface area contributed by atoms with Crippen molar-refractivity contribution >= 4 is 17.7 Å². The highest BCUT2D eigenvalue weighted by Gasteiger charge is 2.41. The van der Waals surface area contributed by atoms with E-state index in [2.05, 4.69) is 14.8 Å². The Bertz CT molecular complexity index is 912. The summed E-state index contributed by atoms with van der Waals surface area (Å²) in [6, 6.07) is 1.88. The molecule has 5 rings (SSSR count). The van der Waals surface area contributed by atoms with Gasteiger partial charge in [-0.1, -0.05) is 32.1 Å². The molecule has 180 valence electrons. The molecule has 1 amide bonds. The van der Waals surface area contributed by atoms with Crippen LogP contribution >= 0.6 is 0 Å². The van der Waals surface area contributed by atoms with Crippen LogP contribution in [0.2, 0.25) is 0 Å². The molecule has 0 radical (unpaired) electrons. The fraction of sp³-hybridized carbons (Fsp3) is 0.741. The average Bonchev–Trinajstić information content (AvgIpc) is 3.36. The van der Waals surface area contributed by atoms with Gasteiger partial charge in [0, 0.05) is 44.9 Å². The van der Waals surface area contributed by atoms with Crippen LogP contribution in [0.5, 0.6) is 0 Å². The van der Waals surface area contributed by atoms with Crippen LogP contribution in [0.25, 0.3) is 0 Å². The highest BCUT2D eigenvalue weighted by atomic mass is 16.6. The Morgan fingerprint density at radius 2 is 1.97 bits per heavy atom. The molecule has 3 heterocycles. The van der Waals surface area contributed by atoms with Crippen molar-refractivity contribution in [2.24, 2.45) is 23.7 Å². The molecule has 4 atom stereocenters. The van der Waals surface area contributed by atoms with Crippen LogP contribution in [0.4, 0.5) is 5.82 Å². The van der Waals surface area contributed by atoms with Gasteiger partial charge in [0.2, 0.25) is 5.91 Å². The number of likely N-dealkylation sites (tertiary alicyclic amines) is 1. The highest BCUT2D eigenvalue weighted by molar-refractivity contribution is 5.99. The van der Waals surface area contributed by atoms with Crippen molar-refractivity contribution in [3.8, 4) is 0 Å². The molecule has 33 heavy (non-hydrogen) atoms. The standard InChI is InChI=1S/C27H39N3O3/c1-27(2)22-11-13-28-25(24(22)26(32)33-27)29(3)16-18-12-14-30(17-18)23(31)15-20-9-6-8-19-7-4-5-10-21(19)20/h11,13,18-21H,4-10,12,14-17H2,1-3H3. The van der Waals surface area contributed by atoms with E-state index in [1.807, 2.05) is 27.0 Å². The first-order chi connectivity index (χ1) is 15.8. The number of nitrogens with zero attached hydrogens (tertiary/aromatic N) is 3. The Labute approximate surface area is 198 Å². The van der Waals surface area contributed by atoms with E-state index in [0.717, 1.165) is 49.9 Å². The molecule has 1 saturated heterocycles. The summed E-state index contributed by atoms with van der Waals surface area (Å²) in [4.78, 5) is 34.4. The quantitative estimate of drug-likeness (QED) is 0.601. The molecule has 2 saturated carbocycles. The summed E-state index contributed by atoms with van der Waals surface area (Å²) < 4.78 is 5.58. The number of rotatable bonds is 5. The third-order valence-corrected chi connectivity index (χ3v) is 8.82. The minimum Gasteiger partial charge on any atom is -0.451 e. The third kappa shape index (κ3) is 4.38. The first-order valence-corrected chi connectivity index (χ1v) is 13.0. The summed E-state index contributed by atoms with van der Waals surface area (Å²) in [5, 5.41) is 0. The number of amides is 1. The molecule has 3 fully saturated rings. The molecular weight excluding hydrogens is 414 g/mol. The molecule has 1 aromatic rings. The largest absolute Gasteiger partial charge is 0.451 e. The Morgan fingerprint density at radius 3 is 2.82 bits per heavy atom. The van der Waals surface area contributed by atoms with Gasteiger partial charge in [0.1, 0.15) is 17.0 Å². The molecule has 6 heteroatoms. The van der Waals surface area contributed by atoms with Crippen LogP contribution < -0.4 is 4.90 Å². The summed E-state index contributed by atoms with van der Waals surface area (Å²) in [6.07, 6.45) is 12.9. The number of aromatic nitrogens is 1. The maximum atomic E-state index is 13.2. The zero-order chi connectivity index (χ0) is 23.2. The lowest BCUT2D eigenvalue weighted by Crippen LogP contribution is -2.37. The predicted octanol–water partition coefficient (Wildman–Crippen LogP) is 4.77. The lowest BCUT2D eigenvalue weighted by atomic mass is 9.64. The number of ether oxygens (including phenoxy) is 1. The zero-order valence-electron chi connectivity index (χ0n) is 20.5. The SMILES string of the molecule is CN(CC1CCN(C(=O)CC2CCCC3CCCCC32)C1)c1nccc2c1C(=O)OC2(C)C. The number of pyridine rings is 1. The summed E-state index contributed by atoms with van der Waals surface area (Å²) in [7, 11) is 2.00. The Balaban J connectivity index is 1.19. The molecule has 2 aliphatic heterocycles. The molecule has 0 aromatic carbocycles. The number of carbonyl (C=O) groups is 2. The van der Waals surface area contributed by atoms with Gasteiger partial charge in [-0.05, 0) is 62.8 Å². The summed E-state index contributed by atoms with van der Waals surface area (Å²) in [5.41, 5.74) is 0.883. The van der Waals surface area contributed by atoms with Crippen molar-refractivity contribution in [1.82, 2.24) is 9.88 Å². The van der Waals surface area contributed by atoms with Crippen molar-refractivity contribution in [2.75, 3.05) is 31.6 Å². The van der Waals surface area contributed by atoms with Crippen LogP contribution in [0.3, 0.4) is 0 Å². The number of carbonyl (C=O) groups excluding carboxylic acids is 2. The van der Waals surface area contributed by atoms with E-state index in [1.54, 1.807) is 6.20 Å². The normalized spacial score (nSPS) is 30.5. The Hall–Kier alpha value is -2.11. The van der Waals surface area contributed by atoms with Crippen molar-refractivity contribution in [1.29, 1.82) is 0 Å². The fourth-order valence-corrected chi connectivity index (χ4v) is 7.14. The van der Waals surface area contributed by atoms with E-state index in [9.17, 15) is 9.59 Å². The van der Waals surface area contributed by atoms with E-state index in [4.69, 9.17) is 4.74 Å². The first-order valence-electron chi connectivity index (χ1n) is 13.0. The van der Waals surface area contributed by atoms with Gasteiger partial charge in [-0.25, -0.2) is 9.78 Å². The van der Waals surface area contributed by atoms with Gasteiger partial charge >= 0.3 is 5.97 Å². The molecule has 1 aromatic heterocycles. The van der Waals surface area contributed by atoms with Crippen molar-refractivity contribution < 1.29 is 14.3 Å². The van der Waals surface area contributed by atoms with Gasteiger partial charge in [0.05, 0.1) is 0 Å². The number of fused-ring (bicyclic) bond motifs is 2. The molecular formula is C27H39N3O3. The van der Waals surface area contributed by atoms with Crippen LogP contribution in [0.1, 0.15) is 87.6 Å². The van der Waals surface area contributed by atoms with E-state index >= 15 is 0 Å². The zero-order valence-corrected chi connectivity index (χ0v) is 20.5. The predicted molar refractivity (Wildman–Crippen MR) is 128 cm³/mol. The van der Waals surface area contributed by atoms with Gasteiger partial charge in [0.15, 0.2) is 0 Å². The molecule has 0 bridgehead atoms. The van der Waals surface area contributed by atoms with Gasteiger partial charge in [-0.3, -0.25) is 4.79 Å². The molecule has 6 nitrogen and oxygen atoms in total. The van der Waals surface area contributed by atoms with E-state index in [1.165, 1.54) is 44.9 Å². The third-order valence-electron chi connectivity index (χ3n) is 8.82. The number of esters is 1. The van der Waals surface area contributed by atoms with Gasteiger partial charge in [-0.2, -0.15) is 0 Å². The highest BCUT2D eigenvalue weighted by Crippen LogP contribution is 2.45. The van der Waals surface area contributed by atoms with Gasteiger partial charge in [-0.15, -0.1) is 0 Å². The Morgan fingerprint density at radius 1 is 1.18 bits per heavy atom. The summed E-state index contributed by atoms with van der Waals surface area (Å²) >= 11 is 0. The van der Waals surface area contributed by atoms with E-state index < -0.39 is 5.60 Å². The second-order valence-corrected chi connectivity index (χ2v) is 11.4. The van der Waals surface area contributed by atoms with E-state index in [0.29, 0.717) is 29.1 Å². The van der Waals surface area contributed by atoms with Crippen LogP contribution in [0, 0.1) is 23.7 Å². The van der Waals surface area contributed by atoms with Crippen LogP contribution in [-0.4, -0.2) is 48.4 Å². The molecule has 4 unspecified atom stereocenters. The Kier molecular flexibility index (Phi) is 6.13. The van der Waals surface area contributed by atoms with Crippen LogP contribution in [0.15, 0.2) is 12.3 Å². The second-order valence-electron chi connectivity index (χ2n) is 11.4. The molecule has 2 aliphatic carbocycles. The average molecular weight is 454 g/mol. The minimum absolute atomic E-state index is 0.290. The van der Waals surface area contributed by atoms with Gasteiger partial charge < -0.3 is 14.5 Å². The number of hydrogen-bond acceptors (Lipinski definition) is 5. The second kappa shape index (κ2) is 8.92. The monoisotopic (exact) mass is 453 g/mol. The lowest BCUT2D eigenvalue weighted by molar-refractivity contribution is -0.132. The lowest BCUT2D eigenvalue weighted by Gasteiger charge is -2.41. The summed E-state index contributed by atoms with van der Waals surface area (Å²) in [5.74, 6) is 3.43. The number of cyclic esters (lactones) is 1. The van der Waals surface area contributed by atoms with Gasteiger partial charge in [0.25, 0.3) is 0 Å². The number of anilines is 1. The van der Waals surface area contributed by atoms with Crippen LogP contribution in [-0.2, 0) is 15.1 Å². The minimum atomic E-state index is -0.613. The van der Waals surface area contributed by atoms with E-state index in [-0.39, 0.29) is 5.97 Å². The molecule has 0 spiro atoms. The molecule has 0 N–H and O–H groups in total. The first kappa shape index (κ1) is 22.7. The summed E-state index contributed by atoms with van der Waals surface area (Å²) in [6.45, 7) is 6.29. The molecule has 4 aliphatic rings. The van der Waals surface area contributed by atoms with Crippen molar-refractivity contribution in [3.63, 3.8) is 0 Å². The van der Waals surface area contributed by atoms with Crippen molar-refractivity contribution in [2.45, 2.75) is 77.2 Å². The topological polar surface area (TPSA) is 62.7 Å². The number of hydrogen-bond donors (Lipinski definition) is 0. The maximum Gasteiger partial charge on any atom is 0.343 e. The smallest absolute Gasteiger partial charge is 0.343 e. The fourth-order valence-electron chi connectivity index (χ4n) is 7.14. The maximum absolute atomic E-state index is 13.2.